The number of methoxy groups -OCH3 is 2. The van der Waals surface area contributed by atoms with Gasteiger partial charge in [-0.15, -0.1) is 0 Å². The summed E-state index contributed by atoms with van der Waals surface area (Å²) in [6, 6.07) is -0.641. The summed E-state index contributed by atoms with van der Waals surface area (Å²) in [5.41, 5.74) is 0. The summed E-state index contributed by atoms with van der Waals surface area (Å²) < 4.78 is 9.40. The number of hydrogen-bond acceptors (Lipinski definition) is 4. The van der Waals surface area contributed by atoms with E-state index in [9.17, 15) is 9.59 Å². The Kier molecular flexibility index (Phi) is 5.87. The molecule has 2 atom stereocenters. The molecule has 0 saturated carbocycles. The molecule has 0 aliphatic rings. The zero-order valence-corrected chi connectivity index (χ0v) is 8.99. The van der Waals surface area contributed by atoms with Crippen molar-refractivity contribution in [2.75, 3.05) is 14.2 Å². The van der Waals surface area contributed by atoms with Gasteiger partial charge in [0, 0.05) is 13.5 Å². The van der Waals surface area contributed by atoms with E-state index < -0.39 is 12.1 Å². The molecule has 0 spiro atoms. The molecule has 0 fully saturated rings. The van der Waals surface area contributed by atoms with Gasteiger partial charge in [0.25, 0.3) is 0 Å². The van der Waals surface area contributed by atoms with Crippen LogP contribution in [0.5, 0.6) is 0 Å². The molecule has 0 saturated heterocycles. The normalized spacial score (nSPS) is 14.3. The van der Waals surface area contributed by atoms with Crippen molar-refractivity contribution in [1.29, 1.82) is 0 Å². The number of ketones is 1. The highest BCUT2D eigenvalue weighted by atomic mass is 16.5. The van der Waals surface area contributed by atoms with E-state index in [2.05, 4.69) is 10.1 Å². The Morgan fingerprint density at radius 3 is 2.29 bits per heavy atom. The number of alkyl carbamates (subject to hydrolysis) is 1. The lowest BCUT2D eigenvalue weighted by molar-refractivity contribution is -0.123. The summed E-state index contributed by atoms with van der Waals surface area (Å²) in [5, 5.41) is 2.43. The van der Waals surface area contributed by atoms with Crippen LogP contribution in [0.2, 0.25) is 0 Å². The van der Waals surface area contributed by atoms with Gasteiger partial charge in [-0.05, 0) is 6.92 Å². The fourth-order valence-corrected chi connectivity index (χ4v) is 1.00. The van der Waals surface area contributed by atoms with Crippen LogP contribution < -0.4 is 5.32 Å². The predicted octanol–water partition coefficient (Wildman–Crippen LogP) is 0.725. The molecule has 0 heterocycles. The molecule has 0 rings (SSSR count). The zero-order valence-electron chi connectivity index (χ0n) is 8.99. The van der Waals surface area contributed by atoms with Crippen molar-refractivity contribution in [3.63, 3.8) is 0 Å². The van der Waals surface area contributed by atoms with Crippen molar-refractivity contribution in [2.24, 2.45) is 0 Å². The second-order valence-electron chi connectivity index (χ2n) is 2.87. The average Bonchev–Trinajstić information content (AvgIpc) is 2.23. The van der Waals surface area contributed by atoms with Crippen molar-refractivity contribution in [1.82, 2.24) is 5.32 Å². The highest BCUT2D eigenvalue weighted by molar-refractivity contribution is 5.87. The van der Waals surface area contributed by atoms with Gasteiger partial charge < -0.3 is 14.8 Å². The molecule has 0 aliphatic heterocycles. The van der Waals surface area contributed by atoms with Gasteiger partial charge in [0.15, 0.2) is 5.78 Å². The molecule has 1 amide bonds. The average molecular weight is 203 g/mol. The van der Waals surface area contributed by atoms with E-state index in [1.807, 2.05) is 0 Å². The lowest BCUT2D eigenvalue weighted by Crippen LogP contribution is -2.48. The minimum absolute atomic E-state index is 0.0789. The molecule has 1 unspecified atom stereocenters. The van der Waals surface area contributed by atoms with Crippen LogP contribution in [0.3, 0.4) is 0 Å². The number of nitrogens with one attached hydrogen (secondary N) is 1. The van der Waals surface area contributed by atoms with E-state index in [1.54, 1.807) is 13.8 Å². The third-order valence-corrected chi connectivity index (χ3v) is 2.00. The minimum atomic E-state index is -0.641. The topological polar surface area (TPSA) is 64.6 Å². The molecule has 0 aromatic carbocycles. The summed E-state index contributed by atoms with van der Waals surface area (Å²) in [5.74, 6) is -0.0789. The first-order valence-corrected chi connectivity index (χ1v) is 4.46. The van der Waals surface area contributed by atoms with E-state index >= 15 is 0 Å². The van der Waals surface area contributed by atoms with E-state index in [0.29, 0.717) is 6.42 Å². The smallest absolute Gasteiger partial charge is 0.407 e. The molecule has 0 aromatic heterocycles. The molecule has 5 heteroatoms. The maximum atomic E-state index is 11.4. The van der Waals surface area contributed by atoms with Crippen molar-refractivity contribution < 1.29 is 19.1 Å². The van der Waals surface area contributed by atoms with Crippen LogP contribution in [0.25, 0.3) is 0 Å². The fraction of sp³-hybridized carbons (Fsp3) is 0.778. The maximum absolute atomic E-state index is 11.4. The number of ether oxygens (including phenoxy) is 2. The van der Waals surface area contributed by atoms with E-state index in [1.165, 1.54) is 14.2 Å². The molecular weight excluding hydrogens is 186 g/mol. The number of Topliss-reactive ketones (excluding diaryl/α,β-unsaturated/α-hetero) is 1. The maximum Gasteiger partial charge on any atom is 0.407 e. The Morgan fingerprint density at radius 1 is 1.36 bits per heavy atom. The minimum Gasteiger partial charge on any atom is -0.453 e. The molecular formula is C9H17NO4. The summed E-state index contributed by atoms with van der Waals surface area (Å²) in [6.07, 6.45) is -0.634. The van der Waals surface area contributed by atoms with E-state index in [-0.39, 0.29) is 11.9 Å². The number of amides is 1. The van der Waals surface area contributed by atoms with Crippen LogP contribution in [-0.4, -0.2) is 38.2 Å². The van der Waals surface area contributed by atoms with Crippen LogP contribution >= 0.6 is 0 Å². The van der Waals surface area contributed by atoms with Gasteiger partial charge in [-0.2, -0.15) is 0 Å². The Balaban J connectivity index is 4.39. The molecule has 14 heavy (non-hydrogen) atoms. The number of rotatable bonds is 5. The van der Waals surface area contributed by atoms with Gasteiger partial charge in [-0.1, -0.05) is 6.92 Å². The van der Waals surface area contributed by atoms with Crippen molar-refractivity contribution >= 4 is 11.9 Å². The Hall–Kier alpha value is -1.10. The third-order valence-electron chi connectivity index (χ3n) is 2.00. The summed E-state index contributed by atoms with van der Waals surface area (Å²) >= 11 is 0. The lowest BCUT2D eigenvalue weighted by atomic mass is 10.1. The van der Waals surface area contributed by atoms with Gasteiger partial charge in [-0.3, -0.25) is 4.79 Å². The Bertz CT molecular complexity index is 205. The molecule has 0 radical (unpaired) electrons. The van der Waals surface area contributed by atoms with Crippen LogP contribution in [0.4, 0.5) is 4.79 Å². The molecule has 0 aliphatic carbocycles. The van der Waals surface area contributed by atoms with Crippen LogP contribution in [0.1, 0.15) is 20.3 Å². The summed E-state index contributed by atoms with van der Waals surface area (Å²) in [6.45, 7) is 3.45. The van der Waals surface area contributed by atoms with E-state index in [4.69, 9.17) is 4.74 Å². The van der Waals surface area contributed by atoms with E-state index in [0.717, 1.165) is 0 Å². The first-order chi connectivity index (χ1) is 6.56. The number of carbonyl (C=O) groups excluding carboxylic acids is 2. The highest BCUT2D eigenvalue weighted by Gasteiger charge is 2.25. The van der Waals surface area contributed by atoms with Gasteiger partial charge in [0.05, 0.1) is 13.2 Å². The Morgan fingerprint density at radius 2 is 1.93 bits per heavy atom. The fourth-order valence-electron chi connectivity index (χ4n) is 1.00. The quantitative estimate of drug-likeness (QED) is 0.715. The first-order valence-electron chi connectivity index (χ1n) is 4.46. The van der Waals surface area contributed by atoms with Crippen molar-refractivity contribution in [2.45, 2.75) is 32.4 Å². The molecule has 1 N–H and O–H groups in total. The molecule has 0 aromatic rings. The van der Waals surface area contributed by atoms with Crippen LogP contribution in [0.15, 0.2) is 0 Å². The van der Waals surface area contributed by atoms with Crippen LogP contribution in [-0.2, 0) is 14.3 Å². The predicted molar refractivity (Wildman–Crippen MR) is 51.1 cm³/mol. The molecule has 0 bridgehead atoms. The lowest BCUT2D eigenvalue weighted by Gasteiger charge is -2.21. The molecule has 5 nitrogen and oxygen atoms in total. The van der Waals surface area contributed by atoms with Crippen molar-refractivity contribution in [3.05, 3.63) is 0 Å². The van der Waals surface area contributed by atoms with Gasteiger partial charge in [-0.25, -0.2) is 4.79 Å². The largest absolute Gasteiger partial charge is 0.453 e. The second-order valence-corrected chi connectivity index (χ2v) is 2.87. The zero-order chi connectivity index (χ0) is 11.1. The van der Waals surface area contributed by atoms with Crippen molar-refractivity contribution in [3.8, 4) is 0 Å². The highest BCUT2D eigenvalue weighted by Crippen LogP contribution is 2.02. The monoisotopic (exact) mass is 203 g/mol. The number of hydrogen-bond donors (Lipinski definition) is 1. The second kappa shape index (κ2) is 6.37. The Labute approximate surface area is 83.8 Å². The first kappa shape index (κ1) is 12.9. The third kappa shape index (κ3) is 3.74. The van der Waals surface area contributed by atoms with Gasteiger partial charge in [0.2, 0.25) is 0 Å². The standard InChI is InChI=1S/C9H17NO4/c1-5-7(11)8(6(2)13-3)10-9(12)14-4/h6,8H,5H2,1-4H3,(H,10,12)/t6?,8-/m0/s1. The van der Waals surface area contributed by atoms with Gasteiger partial charge in [0.1, 0.15) is 6.04 Å². The molecule has 82 valence electrons. The summed E-state index contributed by atoms with van der Waals surface area (Å²) in [4.78, 5) is 22.3. The SMILES string of the molecule is CCC(=O)[C@@H](NC(=O)OC)C(C)OC. The summed E-state index contributed by atoms with van der Waals surface area (Å²) in [7, 11) is 2.74. The van der Waals surface area contributed by atoms with Gasteiger partial charge >= 0.3 is 6.09 Å². The number of carbonyl (C=O) groups is 2. The van der Waals surface area contributed by atoms with Crippen LogP contribution in [0, 0.1) is 0 Å².